The topological polar surface area (TPSA) is 75.3 Å². The average Bonchev–Trinajstić information content (AvgIpc) is 2.30. The lowest BCUT2D eigenvalue weighted by Crippen LogP contribution is -2.44. The molecule has 0 aliphatic carbocycles. The van der Waals surface area contributed by atoms with Crippen LogP contribution >= 0.6 is 0 Å². The summed E-state index contributed by atoms with van der Waals surface area (Å²) in [7, 11) is 0. The fourth-order valence-electron chi connectivity index (χ4n) is 2.27. The number of hydrogen-bond donors (Lipinski definition) is 3. The molecular formula is C14H22N2O2. The minimum Gasteiger partial charge on any atom is -0.481 e. The summed E-state index contributed by atoms with van der Waals surface area (Å²) in [6, 6.07) is 8.85. The summed E-state index contributed by atoms with van der Waals surface area (Å²) in [6.45, 7) is 5.29. The Hall–Kier alpha value is -1.39. The van der Waals surface area contributed by atoms with Crippen molar-refractivity contribution < 1.29 is 9.90 Å². The van der Waals surface area contributed by atoms with Crippen LogP contribution in [-0.4, -0.2) is 30.2 Å². The lowest BCUT2D eigenvalue weighted by molar-refractivity contribution is -0.134. The Labute approximate surface area is 108 Å². The third-order valence-corrected chi connectivity index (χ3v) is 3.12. The molecule has 2 atom stereocenters. The van der Waals surface area contributed by atoms with Gasteiger partial charge in [-0.3, -0.25) is 4.79 Å². The van der Waals surface area contributed by atoms with E-state index in [1.54, 1.807) is 0 Å². The van der Waals surface area contributed by atoms with Crippen LogP contribution in [0.1, 0.15) is 30.4 Å². The van der Waals surface area contributed by atoms with E-state index in [9.17, 15) is 0 Å². The van der Waals surface area contributed by atoms with Crippen LogP contribution in [0.15, 0.2) is 24.3 Å². The minimum atomic E-state index is -0.833. The molecule has 0 spiro atoms. The number of carbonyl (C=O) groups is 1. The number of hydrogen-bond acceptors (Lipinski definition) is 3. The Morgan fingerprint density at radius 2 is 2.06 bits per heavy atom. The number of aryl methyl sites for hydroxylation is 1. The second kappa shape index (κ2) is 7.13. The van der Waals surface area contributed by atoms with Crippen molar-refractivity contribution in [1.29, 1.82) is 0 Å². The molecule has 100 valence electrons. The van der Waals surface area contributed by atoms with Crippen molar-refractivity contribution in [3.8, 4) is 0 Å². The standard InChI is InChI=1S/C12H18N2.C2H4O2/c1-9-4-2-3-5-10(9)11-6-7-14-8-12(11)13;1-2(3)4/h2-5,11-12,14H,6-8,13H2,1H3;1H3,(H,3,4). The Kier molecular flexibility index (Phi) is 5.82. The van der Waals surface area contributed by atoms with Crippen molar-refractivity contribution in [3.63, 3.8) is 0 Å². The molecule has 4 N–H and O–H groups in total. The van der Waals surface area contributed by atoms with Gasteiger partial charge < -0.3 is 16.2 Å². The smallest absolute Gasteiger partial charge is 0.300 e. The first-order valence-electron chi connectivity index (χ1n) is 6.23. The molecule has 0 radical (unpaired) electrons. The van der Waals surface area contributed by atoms with Gasteiger partial charge in [0.15, 0.2) is 0 Å². The number of nitrogens with one attached hydrogen (secondary N) is 1. The fourth-order valence-corrected chi connectivity index (χ4v) is 2.27. The summed E-state index contributed by atoms with van der Waals surface area (Å²) in [5, 5.41) is 10.7. The number of piperidine rings is 1. The highest BCUT2D eigenvalue weighted by Crippen LogP contribution is 2.26. The molecule has 0 aromatic heterocycles. The third-order valence-electron chi connectivity index (χ3n) is 3.12. The van der Waals surface area contributed by atoms with Gasteiger partial charge in [-0.1, -0.05) is 24.3 Å². The van der Waals surface area contributed by atoms with E-state index in [2.05, 4.69) is 36.5 Å². The first kappa shape index (κ1) is 14.7. The maximum absolute atomic E-state index is 9.00. The summed E-state index contributed by atoms with van der Waals surface area (Å²) < 4.78 is 0. The Morgan fingerprint density at radius 3 is 2.61 bits per heavy atom. The number of nitrogens with two attached hydrogens (primary N) is 1. The molecule has 2 unspecified atom stereocenters. The van der Waals surface area contributed by atoms with Crippen LogP contribution in [0.25, 0.3) is 0 Å². The van der Waals surface area contributed by atoms with Gasteiger partial charge in [-0.05, 0) is 31.0 Å². The first-order chi connectivity index (χ1) is 8.52. The molecule has 18 heavy (non-hydrogen) atoms. The van der Waals surface area contributed by atoms with Gasteiger partial charge in [0.1, 0.15) is 0 Å². The minimum absolute atomic E-state index is 0.268. The van der Waals surface area contributed by atoms with E-state index in [1.807, 2.05) is 0 Å². The van der Waals surface area contributed by atoms with Crippen molar-refractivity contribution in [3.05, 3.63) is 35.4 Å². The van der Waals surface area contributed by atoms with E-state index in [4.69, 9.17) is 15.6 Å². The van der Waals surface area contributed by atoms with E-state index in [-0.39, 0.29) is 6.04 Å². The summed E-state index contributed by atoms with van der Waals surface area (Å²) in [6.07, 6.45) is 1.16. The van der Waals surface area contributed by atoms with Crippen LogP contribution in [0.5, 0.6) is 0 Å². The molecule has 4 heteroatoms. The van der Waals surface area contributed by atoms with E-state index in [0.717, 1.165) is 26.4 Å². The van der Waals surface area contributed by atoms with Gasteiger partial charge in [0.25, 0.3) is 5.97 Å². The lowest BCUT2D eigenvalue weighted by Gasteiger charge is -2.30. The predicted octanol–water partition coefficient (Wildman–Crippen LogP) is 1.49. The molecule has 1 fully saturated rings. The zero-order valence-electron chi connectivity index (χ0n) is 11.0. The van der Waals surface area contributed by atoms with Gasteiger partial charge in [-0.25, -0.2) is 0 Å². The maximum atomic E-state index is 9.00. The maximum Gasteiger partial charge on any atom is 0.300 e. The van der Waals surface area contributed by atoms with Crippen LogP contribution in [0, 0.1) is 6.92 Å². The number of rotatable bonds is 1. The number of aliphatic carboxylic acids is 1. The monoisotopic (exact) mass is 250 g/mol. The fraction of sp³-hybridized carbons (Fsp3) is 0.500. The zero-order valence-corrected chi connectivity index (χ0v) is 11.0. The van der Waals surface area contributed by atoms with Gasteiger partial charge in [-0.2, -0.15) is 0 Å². The van der Waals surface area contributed by atoms with Crippen LogP contribution in [-0.2, 0) is 4.79 Å². The highest BCUT2D eigenvalue weighted by atomic mass is 16.4. The molecule has 0 bridgehead atoms. The second-order valence-corrected chi connectivity index (χ2v) is 4.64. The van der Waals surface area contributed by atoms with Crippen molar-refractivity contribution in [2.45, 2.75) is 32.2 Å². The van der Waals surface area contributed by atoms with Crippen LogP contribution in [0.3, 0.4) is 0 Å². The highest BCUT2D eigenvalue weighted by molar-refractivity contribution is 5.62. The molecule has 1 saturated heterocycles. The molecular weight excluding hydrogens is 228 g/mol. The predicted molar refractivity (Wildman–Crippen MR) is 72.7 cm³/mol. The summed E-state index contributed by atoms with van der Waals surface area (Å²) >= 11 is 0. The average molecular weight is 250 g/mol. The van der Waals surface area contributed by atoms with Gasteiger partial charge in [-0.15, -0.1) is 0 Å². The molecule has 4 nitrogen and oxygen atoms in total. The number of carboxylic acid groups (broad SMARTS) is 1. The lowest BCUT2D eigenvalue weighted by atomic mass is 9.84. The Balaban J connectivity index is 0.000000357. The number of benzene rings is 1. The largest absolute Gasteiger partial charge is 0.481 e. The van der Waals surface area contributed by atoms with Crippen molar-refractivity contribution >= 4 is 5.97 Å². The van der Waals surface area contributed by atoms with Gasteiger partial charge in [0, 0.05) is 25.4 Å². The van der Waals surface area contributed by atoms with E-state index >= 15 is 0 Å². The SMILES string of the molecule is CC(=O)O.Cc1ccccc1C1CCNCC1N. The van der Waals surface area contributed by atoms with Crippen molar-refractivity contribution in [2.75, 3.05) is 13.1 Å². The van der Waals surface area contributed by atoms with E-state index in [1.165, 1.54) is 11.1 Å². The molecule has 2 rings (SSSR count). The Bertz CT molecular complexity index is 389. The highest BCUT2D eigenvalue weighted by Gasteiger charge is 2.23. The summed E-state index contributed by atoms with van der Waals surface area (Å²) in [4.78, 5) is 9.00. The first-order valence-corrected chi connectivity index (χ1v) is 6.23. The van der Waals surface area contributed by atoms with Gasteiger partial charge in [0.2, 0.25) is 0 Å². The van der Waals surface area contributed by atoms with Crippen molar-refractivity contribution in [1.82, 2.24) is 5.32 Å². The van der Waals surface area contributed by atoms with Crippen LogP contribution < -0.4 is 11.1 Å². The van der Waals surface area contributed by atoms with Crippen LogP contribution in [0.2, 0.25) is 0 Å². The zero-order chi connectivity index (χ0) is 13.5. The molecule has 1 aliphatic heterocycles. The van der Waals surface area contributed by atoms with E-state index in [0.29, 0.717) is 5.92 Å². The van der Waals surface area contributed by atoms with Gasteiger partial charge >= 0.3 is 0 Å². The summed E-state index contributed by atoms with van der Waals surface area (Å²) in [5.41, 5.74) is 8.92. The Morgan fingerprint density at radius 1 is 1.44 bits per heavy atom. The molecule has 1 heterocycles. The van der Waals surface area contributed by atoms with Crippen molar-refractivity contribution in [2.24, 2.45) is 5.73 Å². The quantitative estimate of drug-likeness (QED) is 0.706. The normalized spacial score (nSPS) is 22.8. The second-order valence-electron chi connectivity index (χ2n) is 4.64. The molecule has 0 saturated carbocycles. The molecule has 0 amide bonds. The third kappa shape index (κ3) is 4.47. The molecule has 1 aromatic carbocycles. The molecule has 1 aromatic rings. The summed E-state index contributed by atoms with van der Waals surface area (Å²) in [5.74, 6) is -0.294. The van der Waals surface area contributed by atoms with Crippen LogP contribution in [0.4, 0.5) is 0 Å². The van der Waals surface area contributed by atoms with E-state index < -0.39 is 5.97 Å². The molecule has 1 aliphatic rings. The van der Waals surface area contributed by atoms with Gasteiger partial charge in [0.05, 0.1) is 0 Å². The number of carboxylic acids is 1.